The van der Waals surface area contributed by atoms with E-state index >= 15 is 0 Å². The molecule has 26 heavy (non-hydrogen) atoms. The molecular weight excluding hydrogens is 328 g/mol. The van der Waals surface area contributed by atoms with Crippen molar-refractivity contribution in [1.82, 2.24) is 4.90 Å². The average molecular weight is 350 g/mol. The lowest BCUT2D eigenvalue weighted by molar-refractivity contribution is -0.125. The monoisotopic (exact) mass is 350 g/mol. The SMILES string of the molecule is CCOc1ccc(/C=C/C(=O)N(C)Cc2ccc(C#N)cc2)cc1OC. The Morgan fingerprint density at radius 1 is 1.19 bits per heavy atom. The first-order chi connectivity index (χ1) is 12.6. The van der Waals surface area contributed by atoms with Gasteiger partial charge in [0.2, 0.25) is 5.91 Å². The fourth-order valence-corrected chi connectivity index (χ4v) is 2.39. The topological polar surface area (TPSA) is 62.6 Å². The van der Waals surface area contributed by atoms with Crippen molar-refractivity contribution >= 4 is 12.0 Å². The first kappa shape index (κ1) is 19.1. The molecule has 0 radical (unpaired) electrons. The zero-order valence-electron chi connectivity index (χ0n) is 15.2. The third kappa shape index (κ3) is 5.12. The second-order valence-electron chi connectivity index (χ2n) is 5.68. The van der Waals surface area contributed by atoms with Crippen LogP contribution in [0.5, 0.6) is 11.5 Å². The Labute approximate surface area is 154 Å². The molecule has 2 rings (SSSR count). The predicted octanol–water partition coefficient (Wildman–Crippen LogP) is 3.64. The smallest absolute Gasteiger partial charge is 0.246 e. The molecule has 0 unspecified atom stereocenters. The van der Waals surface area contributed by atoms with Crippen LogP contribution in [0, 0.1) is 11.3 Å². The summed E-state index contributed by atoms with van der Waals surface area (Å²) in [5, 5.41) is 8.82. The molecule has 0 atom stereocenters. The van der Waals surface area contributed by atoms with Crippen LogP contribution >= 0.6 is 0 Å². The lowest BCUT2D eigenvalue weighted by Gasteiger charge is -2.15. The highest BCUT2D eigenvalue weighted by Gasteiger charge is 2.07. The van der Waals surface area contributed by atoms with E-state index in [0.29, 0.717) is 30.2 Å². The van der Waals surface area contributed by atoms with Crippen LogP contribution in [-0.2, 0) is 11.3 Å². The number of likely N-dealkylation sites (N-methyl/N-ethyl adjacent to an activating group) is 1. The number of ether oxygens (including phenoxy) is 2. The van der Waals surface area contributed by atoms with Crippen LogP contribution in [0.25, 0.3) is 6.08 Å². The molecule has 2 aromatic rings. The van der Waals surface area contributed by atoms with Gasteiger partial charge in [0.05, 0.1) is 25.3 Å². The number of nitrogens with zero attached hydrogens (tertiary/aromatic N) is 2. The summed E-state index contributed by atoms with van der Waals surface area (Å²) in [6.45, 7) is 2.95. The highest BCUT2D eigenvalue weighted by Crippen LogP contribution is 2.28. The van der Waals surface area contributed by atoms with Crippen molar-refractivity contribution in [3.8, 4) is 17.6 Å². The fourth-order valence-electron chi connectivity index (χ4n) is 2.39. The van der Waals surface area contributed by atoms with Crippen molar-refractivity contribution in [3.63, 3.8) is 0 Å². The van der Waals surface area contributed by atoms with E-state index in [1.165, 1.54) is 6.08 Å². The van der Waals surface area contributed by atoms with Gasteiger partial charge in [0, 0.05) is 19.7 Å². The molecule has 0 heterocycles. The second kappa shape index (κ2) is 9.28. The van der Waals surface area contributed by atoms with Crippen LogP contribution in [-0.4, -0.2) is 31.6 Å². The molecule has 0 spiro atoms. The van der Waals surface area contributed by atoms with E-state index in [0.717, 1.165) is 11.1 Å². The standard InChI is InChI=1S/C21H22N2O3/c1-4-26-19-11-9-16(13-20(19)25-3)10-12-21(24)23(2)15-18-7-5-17(14-22)6-8-18/h5-13H,4,15H2,1-3H3/b12-10+. The van der Waals surface area contributed by atoms with Gasteiger partial charge in [-0.2, -0.15) is 5.26 Å². The van der Waals surface area contributed by atoms with Gasteiger partial charge in [-0.05, 0) is 48.4 Å². The lowest BCUT2D eigenvalue weighted by Crippen LogP contribution is -2.24. The first-order valence-electron chi connectivity index (χ1n) is 8.30. The Morgan fingerprint density at radius 2 is 1.92 bits per heavy atom. The summed E-state index contributed by atoms with van der Waals surface area (Å²) in [5.41, 5.74) is 2.42. The normalized spacial score (nSPS) is 10.4. The predicted molar refractivity (Wildman–Crippen MR) is 101 cm³/mol. The molecule has 0 aliphatic carbocycles. The minimum atomic E-state index is -0.109. The van der Waals surface area contributed by atoms with Gasteiger partial charge in [0.1, 0.15) is 0 Å². The molecule has 5 nitrogen and oxygen atoms in total. The Morgan fingerprint density at radius 3 is 2.54 bits per heavy atom. The minimum Gasteiger partial charge on any atom is -0.493 e. The van der Waals surface area contributed by atoms with Crippen LogP contribution in [0.2, 0.25) is 0 Å². The van der Waals surface area contributed by atoms with E-state index in [1.54, 1.807) is 37.3 Å². The summed E-state index contributed by atoms with van der Waals surface area (Å²) in [6.07, 6.45) is 3.27. The number of carbonyl (C=O) groups excluding carboxylic acids is 1. The van der Waals surface area contributed by atoms with E-state index < -0.39 is 0 Å². The quantitative estimate of drug-likeness (QED) is 0.715. The number of hydrogen-bond donors (Lipinski definition) is 0. The molecule has 2 aromatic carbocycles. The van der Waals surface area contributed by atoms with Crippen molar-refractivity contribution in [1.29, 1.82) is 5.26 Å². The van der Waals surface area contributed by atoms with Gasteiger partial charge in [-0.1, -0.05) is 18.2 Å². The van der Waals surface area contributed by atoms with Crippen molar-refractivity contribution in [3.05, 3.63) is 65.2 Å². The number of carbonyl (C=O) groups is 1. The van der Waals surface area contributed by atoms with Crippen molar-refractivity contribution < 1.29 is 14.3 Å². The van der Waals surface area contributed by atoms with Gasteiger partial charge in [-0.25, -0.2) is 0 Å². The van der Waals surface area contributed by atoms with Gasteiger partial charge in [-0.15, -0.1) is 0 Å². The van der Waals surface area contributed by atoms with E-state index in [-0.39, 0.29) is 5.91 Å². The number of methoxy groups -OCH3 is 1. The number of hydrogen-bond acceptors (Lipinski definition) is 4. The molecule has 0 saturated carbocycles. The van der Waals surface area contributed by atoms with Crippen LogP contribution in [0.15, 0.2) is 48.5 Å². The zero-order valence-corrected chi connectivity index (χ0v) is 15.2. The van der Waals surface area contributed by atoms with Gasteiger partial charge in [0.25, 0.3) is 0 Å². The largest absolute Gasteiger partial charge is 0.493 e. The van der Waals surface area contributed by atoms with Gasteiger partial charge in [-0.3, -0.25) is 4.79 Å². The molecule has 0 aromatic heterocycles. The van der Waals surface area contributed by atoms with E-state index in [2.05, 4.69) is 6.07 Å². The van der Waals surface area contributed by atoms with E-state index in [9.17, 15) is 4.79 Å². The van der Waals surface area contributed by atoms with Crippen LogP contribution in [0.4, 0.5) is 0 Å². The second-order valence-corrected chi connectivity index (χ2v) is 5.68. The van der Waals surface area contributed by atoms with Crippen molar-refractivity contribution in [2.75, 3.05) is 20.8 Å². The maximum absolute atomic E-state index is 12.3. The first-order valence-corrected chi connectivity index (χ1v) is 8.30. The van der Waals surface area contributed by atoms with E-state index in [1.807, 2.05) is 37.3 Å². The Bertz CT molecular complexity index is 820. The third-order valence-electron chi connectivity index (χ3n) is 3.78. The Balaban J connectivity index is 2.02. The minimum absolute atomic E-state index is 0.109. The van der Waals surface area contributed by atoms with E-state index in [4.69, 9.17) is 14.7 Å². The number of benzene rings is 2. The summed E-state index contributed by atoms with van der Waals surface area (Å²) in [5.74, 6) is 1.20. The molecule has 134 valence electrons. The van der Waals surface area contributed by atoms with Crippen molar-refractivity contribution in [2.24, 2.45) is 0 Å². The third-order valence-corrected chi connectivity index (χ3v) is 3.78. The fraction of sp³-hybridized carbons (Fsp3) is 0.238. The highest BCUT2D eigenvalue weighted by molar-refractivity contribution is 5.91. The molecule has 0 aliphatic heterocycles. The maximum atomic E-state index is 12.3. The number of rotatable bonds is 7. The average Bonchev–Trinajstić information content (AvgIpc) is 2.67. The summed E-state index contributed by atoms with van der Waals surface area (Å²) in [7, 11) is 3.32. The Hall–Kier alpha value is -3.26. The molecule has 5 heteroatoms. The summed E-state index contributed by atoms with van der Waals surface area (Å²) >= 11 is 0. The van der Waals surface area contributed by atoms with Gasteiger partial charge < -0.3 is 14.4 Å². The number of amides is 1. The number of nitriles is 1. The lowest BCUT2D eigenvalue weighted by atomic mass is 10.1. The zero-order chi connectivity index (χ0) is 18.9. The van der Waals surface area contributed by atoms with Crippen LogP contribution in [0.1, 0.15) is 23.6 Å². The van der Waals surface area contributed by atoms with Crippen molar-refractivity contribution in [2.45, 2.75) is 13.5 Å². The molecular formula is C21H22N2O3. The van der Waals surface area contributed by atoms with Crippen LogP contribution < -0.4 is 9.47 Å². The summed E-state index contributed by atoms with van der Waals surface area (Å²) in [4.78, 5) is 13.9. The highest BCUT2D eigenvalue weighted by atomic mass is 16.5. The molecule has 0 saturated heterocycles. The summed E-state index contributed by atoms with van der Waals surface area (Å²) < 4.78 is 10.8. The molecule has 0 N–H and O–H groups in total. The summed E-state index contributed by atoms with van der Waals surface area (Å²) in [6, 6.07) is 14.8. The molecule has 0 fully saturated rings. The van der Waals surface area contributed by atoms with Gasteiger partial charge in [0.15, 0.2) is 11.5 Å². The van der Waals surface area contributed by atoms with Gasteiger partial charge >= 0.3 is 0 Å². The Kier molecular flexibility index (Phi) is 6.81. The van der Waals surface area contributed by atoms with Crippen LogP contribution in [0.3, 0.4) is 0 Å². The molecule has 1 amide bonds. The maximum Gasteiger partial charge on any atom is 0.246 e. The molecule has 0 bridgehead atoms. The molecule has 0 aliphatic rings.